The van der Waals surface area contributed by atoms with Crippen LogP contribution in [0.1, 0.15) is 17.3 Å². The van der Waals surface area contributed by atoms with E-state index in [0.29, 0.717) is 22.9 Å². The van der Waals surface area contributed by atoms with Crippen LogP contribution in [0.2, 0.25) is 0 Å². The minimum Gasteiger partial charge on any atom is -0.497 e. The van der Waals surface area contributed by atoms with Gasteiger partial charge in [0.15, 0.2) is 6.10 Å². The Bertz CT molecular complexity index is 776. The Morgan fingerprint density at radius 3 is 2.48 bits per heavy atom. The molecule has 0 saturated carbocycles. The van der Waals surface area contributed by atoms with Gasteiger partial charge in [0.2, 0.25) is 0 Å². The topological polar surface area (TPSA) is 99.9 Å². The molecule has 3 N–H and O–H groups in total. The molecule has 0 aliphatic rings. The van der Waals surface area contributed by atoms with Gasteiger partial charge in [-0.2, -0.15) is 0 Å². The maximum atomic E-state index is 12.3. The summed E-state index contributed by atoms with van der Waals surface area (Å²) in [5.74, 6) is -0.0876. The molecule has 0 saturated heterocycles. The molecular formula is C18H20N2O5. The number of carbonyl (C=O) groups is 2. The summed E-state index contributed by atoms with van der Waals surface area (Å²) in [5, 5.41) is 2.66. The van der Waals surface area contributed by atoms with Gasteiger partial charge >= 0.3 is 5.97 Å². The summed E-state index contributed by atoms with van der Waals surface area (Å²) in [6, 6.07) is 11.3. The van der Waals surface area contributed by atoms with Crippen LogP contribution in [0.15, 0.2) is 42.5 Å². The minimum absolute atomic E-state index is 0.279. The number of hydrogen-bond donors (Lipinski definition) is 2. The van der Waals surface area contributed by atoms with Gasteiger partial charge in [0.05, 0.1) is 25.5 Å². The van der Waals surface area contributed by atoms with Crippen LogP contribution in [0.3, 0.4) is 0 Å². The molecule has 25 heavy (non-hydrogen) atoms. The number of hydrogen-bond acceptors (Lipinski definition) is 6. The van der Waals surface area contributed by atoms with E-state index < -0.39 is 18.0 Å². The number of benzene rings is 2. The molecule has 0 bridgehead atoms. The van der Waals surface area contributed by atoms with Gasteiger partial charge in [-0.3, -0.25) is 4.79 Å². The second-order valence-corrected chi connectivity index (χ2v) is 5.23. The number of nitrogens with one attached hydrogen (secondary N) is 1. The van der Waals surface area contributed by atoms with Crippen molar-refractivity contribution >= 4 is 23.3 Å². The van der Waals surface area contributed by atoms with Crippen molar-refractivity contribution in [1.82, 2.24) is 0 Å². The number of rotatable bonds is 6. The zero-order valence-electron chi connectivity index (χ0n) is 14.2. The largest absolute Gasteiger partial charge is 0.497 e. The fourth-order valence-electron chi connectivity index (χ4n) is 2.08. The second kappa shape index (κ2) is 8.05. The number of ether oxygens (including phenoxy) is 3. The van der Waals surface area contributed by atoms with Crippen LogP contribution in [-0.2, 0) is 9.53 Å². The fraction of sp³-hybridized carbons (Fsp3) is 0.222. The highest BCUT2D eigenvalue weighted by atomic mass is 16.5. The van der Waals surface area contributed by atoms with Crippen molar-refractivity contribution in [3.63, 3.8) is 0 Å². The maximum absolute atomic E-state index is 12.3. The van der Waals surface area contributed by atoms with Crippen molar-refractivity contribution in [3.8, 4) is 11.5 Å². The average molecular weight is 344 g/mol. The van der Waals surface area contributed by atoms with Gasteiger partial charge in [-0.25, -0.2) is 4.79 Å². The van der Waals surface area contributed by atoms with Crippen LogP contribution < -0.4 is 20.5 Å². The third kappa shape index (κ3) is 4.63. The van der Waals surface area contributed by atoms with E-state index in [1.165, 1.54) is 27.2 Å². The van der Waals surface area contributed by atoms with Gasteiger partial charge in [-0.05, 0) is 37.3 Å². The van der Waals surface area contributed by atoms with Gasteiger partial charge in [0.25, 0.3) is 5.91 Å². The first-order valence-corrected chi connectivity index (χ1v) is 7.54. The number of amides is 1. The van der Waals surface area contributed by atoms with Gasteiger partial charge in [0, 0.05) is 11.8 Å². The minimum atomic E-state index is -0.999. The molecule has 2 aromatic carbocycles. The van der Waals surface area contributed by atoms with Crippen LogP contribution in [0.25, 0.3) is 0 Å². The summed E-state index contributed by atoms with van der Waals surface area (Å²) in [7, 11) is 3.01. The van der Waals surface area contributed by atoms with E-state index in [9.17, 15) is 9.59 Å². The number of nitrogen functional groups attached to an aromatic ring is 1. The predicted octanol–water partition coefficient (Wildman–Crippen LogP) is 2.47. The third-order valence-electron chi connectivity index (χ3n) is 3.44. The highest BCUT2D eigenvalue weighted by molar-refractivity contribution is 5.98. The standard InChI is InChI=1S/C18H20N2O5/c1-11(25-18(22)12-5-4-6-13(19)9-12)17(21)20-15-8-7-14(23-2)10-16(15)24-3/h4-11H,19H2,1-3H3,(H,20,21). The SMILES string of the molecule is COc1ccc(NC(=O)C(C)OC(=O)c2cccc(N)c2)c(OC)c1. The molecule has 1 amide bonds. The lowest BCUT2D eigenvalue weighted by Gasteiger charge is -2.16. The fourth-order valence-corrected chi connectivity index (χ4v) is 2.08. The highest BCUT2D eigenvalue weighted by Crippen LogP contribution is 2.29. The number of methoxy groups -OCH3 is 2. The lowest BCUT2D eigenvalue weighted by molar-refractivity contribution is -0.123. The van der Waals surface area contributed by atoms with Gasteiger partial charge in [-0.1, -0.05) is 6.07 Å². The monoisotopic (exact) mass is 344 g/mol. The van der Waals surface area contributed by atoms with E-state index in [1.807, 2.05) is 0 Å². The molecular weight excluding hydrogens is 324 g/mol. The Balaban J connectivity index is 2.04. The summed E-state index contributed by atoms with van der Waals surface area (Å²) >= 11 is 0. The average Bonchev–Trinajstić information content (AvgIpc) is 2.61. The summed E-state index contributed by atoms with van der Waals surface area (Å²) in [4.78, 5) is 24.3. The molecule has 0 fully saturated rings. The lowest BCUT2D eigenvalue weighted by Crippen LogP contribution is -2.30. The van der Waals surface area contributed by atoms with Crippen LogP contribution >= 0.6 is 0 Å². The number of anilines is 2. The van der Waals surface area contributed by atoms with Crippen molar-refractivity contribution in [2.24, 2.45) is 0 Å². The van der Waals surface area contributed by atoms with Crippen LogP contribution in [0, 0.1) is 0 Å². The first kappa shape index (κ1) is 18.1. The van der Waals surface area contributed by atoms with Crippen LogP contribution in [0.5, 0.6) is 11.5 Å². The number of nitrogens with two attached hydrogens (primary N) is 1. The van der Waals surface area contributed by atoms with E-state index in [2.05, 4.69) is 5.32 Å². The molecule has 1 unspecified atom stereocenters. The molecule has 0 aliphatic heterocycles. The van der Waals surface area contributed by atoms with Gasteiger partial charge in [-0.15, -0.1) is 0 Å². The zero-order valence-corrected chi connectivity index (χ0v) is 14.2. The zero-order chi connectivity index (χ0) is 18.4. The van der Waals surface area contributed by atoms with Crippen molar-refractivity contribution in [2.45, 2.75) is 13.0 Å². The van der Waals surface area contributed by atoms with Crippen molar-refractivity contribution in [1.29, 1.82) is 0 Å². The summed E-state index contributed by atoms with van der Waals surface area (Å²) in [6.45, 7) is 1.48. The quantitative estimate of drug-likeness (QED) is 0.617. The highest BCUT2D eigenvalue weighted by Gasteiger charge is 2.20. The Labute approximate surface area is 145 Å². The molecule has 0 aromatic heterocycles. The van der Waals surface area contributed by atoms with E-state index >= 15 is 0 Å². The summed E-state index contributed by atoms with van der Waals surface area (Å²) in [6.07, 6.45) is -0.999. The van der Waals surface area contributed by atoms with Gasteiger partial charge < -0.3 is 25.3 Å². The second-order valence-electron chi connectivity index (χ2n) is 5.23. The summed E-state index contributed by atoms with van der Waals surface area (Å²) < 4.78 is 15.5. The smallest absolute Gasteiger partial charge is 0.338 e. The Morgan fingerprint density at radius 2 is 1.84 bits per heavy atom. The lowest BCUT2D eigenvalue weighted by atomic mass is 10.2. The third-order valence-corrected chi connectivity index (χ3v) is 3.44. The van der Waals surface area contributed by atoms with E-state index in [0.717, 1.165) is 0 Å². The number of esters is 1. The molecule has 0 heterocycles. The predicted molar refractivity (Wildman–Crippen MR) is 93.9 cm³/mol. The van der Waals surface area contributed by atoms with E-state index in [1.54, 1.807) is 36.4 Å². The number of carbonyl (C=O) groups excluding carboxylic acids is 2. The Hall–Kier alpha value is -3.22. The van der Waals surface area contributed by atoms with Crippen molar-refractivity contribution < 1.29 is 23.8 Å². The first-order chi connectivity index (χ1) is 11.9. The Morgan fingerprint density at radius 1 is 1.08 bits per heavy atom. The van der Waals surface area contributed by atoms with E-state index in [-0.39, 0.29) is 5.56 Å². The van der Waals surface area contributed by atoms with Crippen molar-refractivity contribution in [3.05, 3.63) is 48.0 Å². The normalized spacial score (nSPS) is 11.3. The molecule has 0 spiro atoms. The van der Waals surface area contributed by atoms with Gasteiger partial charge in [0.1, 0.15) is 11.5 Å². The molecule has 7 nitrogen and oxygen atoms in total. The molecule has 2 aromatic rings. The first-order valence-electron chi connectivity index (χ1n) is 7.54. The molecule has 0 radical (unpaired) electrons. The molecule has 132 valence electrons. The molecule has 2 rings (SSSR count). The van der Waals surface area contributed by atoms with Crippen LogP contribution in [0.4, 0.5) is 11.4 Å². The molecule has 0 aliphatic carbocycles. The molecule has 7 heteroatoms. The maximum Gasteiger partial charge on any atom is 0.338 e. The molecule has 1 atom stereocenters. The summed E-state index contributed by atoms with van der Waals surface area (Å²) in [5.41, 5.74) is 6.80. The Kier molecular flexibility index (Phi) is 5.84. The van der Waals surface area contributed by atoms with Crippen molar-refractivity contribution in [2.75, 3.05) is 25.3 Å². The van der Waals surface area contributed by atoms with Crippen LogP contribution in [-0.4, -0.2) is 32.2 Å². The van der Waals surface area contributed by atoms with E-state index in [4.69, 9.17) is 19.9 Å².